The van der Waals surface area contributed by atoms with Gasteiger partial charge in [-0.1, -0.05) is 71.2 Å². The Morgan fingerprint density at radius 2 is 1.74 bits per heavy atom. The summed E-state index contributed by atoms with van der Waals surface area (Å²) in [6, 6.07) is 18.5. The first kappa shape index (κ1) is 30.5. The van der Waals surface area contributed by atoms with Crippen LogP contribution in [0.3, 0.4) is 0 Å². The van der Waals surface area contributed by atoms with E-state index in [1.807, 2.05) is 49.4 Å². The Balaban J connectivity index is 1.41. The van der Waals surface area contributed by atoms with Crippen LogP contribution in [0.1, 0.15) is 84.9 Å². The number of hydrogen-bond acceptors (Lipinski definition) is 5. The van der Waals surface area contributed by atoms with Gasteiger partial charge in [-0.2, -0.15) is 0 Å². The van der Waals surface area contributed by atoms with Crippen LogP contribution in [0.5, 0.6) is 11.5 Å². The van der Waals surface area contributed by atoms with Crippen molar-refractivity contribution in [2.75, 3.05) is 0 Å². The fourth-order valence-corrected chi connectivity index (χ4v) is 6.61. The van der Waals surface area contributed by atoms with Crippen molar-refractivity contribution >= 4 is 39.6 Å². The highest BCUT2D eigenvalue weighted by atomic mass is 32.1. The number of hydrogen-bond donors (Lipinski definition) is 2. The molecule has 2 N–H and O–H groups in total. The van der Waals surface area contributed by atoms with Gasteiger partial charge < -0.3 is 15.2 Å². The van der Waals surface area contributed by atoms with Crippen molar-refractivity contribution in [3.8, 4) is 11.5 Å². The van der Waals surface area contributed by atoms with E-state index in [-0.39, 0.29) is 17.5 Å². The monoisotopic (exact) mass is 596 g/mol. The molecule has 1 fully saturated rings. The summed E-state index contributed by atoms with van der Waals surface area (Å²) in [7, 11) is 0. The third-order valence-corrected chi connectivity index (χ3v) is 9.39. The van der Waals surface area contributed by atoms with E-state index in [4.69, 9.17) is 9.72 Å². The average molecular weight is 597 g/mol. The fourth-order valence-electron chi connectivity index (χ4n) is 5.63. The molecular formula is C36H40N2O4S. The molecule has 2 aromatic carbocycles. The van der Waals surface area contributed by atoms with Crippen LogP contribution in [0.25, 0.3) is 16.3 Å². The van der Waals surface area contributed by atoms with Gasteiger partial charge in [-0.25, -0.2) is 9.78 Å². The molecule has 0 spiro atoms. The van der Waals surface area contributed by atoms with Crippen molar-refractivity contribution in [3.05, 3.63) is 93.9 Å². The van der Waals surface area contributed by atoms with Crippen LogP contribution in [-0.4, -0.2) is 28.0 Å². The number of carbonyl (C=O) groups excluding carboxylic acids is 1. The quantitative estimate of drug-likeness (QED) is 0.191. The molecule has 43 heavy (non-hydrogen) atoms. The number of aromatic nitrogens is 1. The molecule has 1 aliphatic rings. The molecule has 5 rings (SSSR count). The highest BCUT2D eigenvalue weighted by Crippen LogP contribution is 2.33. The second-order valence-corrected chi connectivity index (χ2v) is 13.9. The third kappa shape index (κ3) is 7.52. The second-order valence-electron chi connectivity index (χ2n) is 12.7. The van der Waals surface area contributed by atoms with Crippen molar-refractivity contribution in [1.82, 2.24) is 10.3 Å². The van der Waals surface area contributed by atoms with E-state index in [2.05, 4.69) is 44.8 Å². The van der Waals surface area contributed by atoms with Crippen molar-refractivity contribution in [1.29, 1.82) is 0 Å². The van der Waals surface area contributed by atoms with E-state index < -0.39 is 17.9 Å². The number of ether oxygens (including phenoxy) is 1. The van der Waals surface area contributed by atoms with Crippen LogP contribution < -0.4 is 10.1 Å². The number of pyridine rings is 1. The maximum Gasteiger partial charge on any atom is 0.326 e. The summed E-state index contributed by atoms with van der Waals surface area (Å²) in [6.45, 7) is 12.4. The Labute approximate surface area is 257 Å². The van der Waals surface area contributed by atoms with E-state index in [9.17, 15) is 14.7 Å². The molecule has 2 heterocycles. The van der Waals surface area contributed by atoms with Gasteiger partial charge in [-0.05, 0) is 83.7 Å². The lowest BCUT2D eigenvalue weighted by molar-refractivity contribution is -0.139. The Kier molecular flexibility index (Phi) is 9.02. The molecule has 224 valence electrons. The minimum Gasteiger partial charge on any atom is -0.480 e. The molecule has 1 unspecified atom stereocenters. The van der Waals surface area contributed by atoms with E-state index in [1.54, 1.807) is 6.07 Å². The van der Waals surface area contributed by atoms with Crippen molar-refractivity contribution < 1.29 is 19.4 Å². The molecule has 1 amide bonds. The molecular weight excluding hydrogens is 556 g/mol. The summed E-state index contributed by atoms with van der Waals surface area (Å²) in [5, 5.41) is 14.5. The molecule has 7 heteroatoms. The largest absolute Gasteiger partial charge is 0.480 e. The maximum absolute atomic E-state index is 13.4. The number of nitrogens with zero attached hydrogens (tertiary/aromatic N) is 1. The number of carboxylic acids is 1. The van der Waals surface area contributed by atoms with Gasteiger partial charge in [0.15, 0.2) is 0 Å². The summed E-state index contributed by atoms with van der Waals surface area (Å²) >= 11 is 1.49. The van der Waals surface area contributed by atoms with Crippen LogP contribution in [0, 0.1) is 5.92 Å². The number of carbonyl (C=O) groups is 2. The molecule has 0 aliphatic heterocycles. The van der Waals surface area contributed by atoms with E-state index in [0.717, 1.165) is 56.8 Å². The lowest BCUT2D eigenvalue weighted by atomic mass is 9.87. The predicted octanol–water partition coefficient (Wildman–Crippen LogP) is 8.58. The van der Waals surface area contributed by atoms with Gasteiger partial charge in [0.25, 0.3) is 5.91 Å². The van der Waals surface area contributed by atoms with Gasteiger partial charge in [-0.3, -0.25) is 4.79 Å². The fraction of sp³-hybridized carbons (Fsp3) is 0.361. The van der Waals surface area contributed by atoms with Gasteiger partial charge in [0.1, 0.15) is 23.2 Å². The van der Waals surface area contributed by atoms with E-state index >= 15 is 0 Å². The lowest BCUT2D eigenvalue weighted by Gasteiger charge is -2.19. The van der Waals surface area contributed by atoms with Gasteiger partial charge in [0, 0.05) is 27.3 Å². The molecule has 0 radical (unpaired) electrons. The first-order chi connectivity index (χ1) is 20.5. The first-order valence-corrected chi connectivity index (χ1v) is 15.8. The third-order valence-electron chi connectivity index (χ3n) is 8.12. The summed E-state index contributed by atoms with van der Waals surface area (Å²) < 4.78 is 6.23. The number of aliphatic carboxylic acids is 1. The van der Waals surface area contributed by atoms with Crippen molar-refractivity contribution in [2.45, 2.75) is 77.7 Å². The Bertz CT molecular complexity index is 1640. The predicted molar refractivity (Wildman–Crippen MR) is 174 cm³/mol. The van der Waals surface area contributed by atoms with Crippen LogP contribution >= 0.6 is 11.3 Å². The molecule has 6 nitrogen and oxygen atoms in total. The Hall–Kier alpha value is -3.97. The second kappa shape index (κ2) is 12.7. The van der Waals surface area contributed by atoms with Crippen LogP contribution in [0.4, 0.5) is 0 Å². The molecule has 1 aliphatic carbocycles. The summed E-state index contributed by atoms with van der Waals surface area (Å²) in [6.07, 6.45) is 5.66. The zero-order chi connectivity index (χ0) is 30.7. The maximum atomic E-state index is 13.4. The van der Waals surface area contributed by atoms with Gasteiger partial charge in [-0.15, -0.1) is 11.3 Å². The topological polar surface area (TPSA) is 88.5 Å². The van der Waals surface area contributed by atoms with Gasteiger partial charge in [0.05, 0.1) is 0 Å². The minimum atomic E-state index is -1.08. The van der Waals surface area contributed by atoms with Gasteiger partial charge in [0.2, 0.25) is 0 Å². The minimum absolute atomic E-state index is 0.0644. The number of nitrogens with one attached hydrogen (secondary N) is 1. The van der Waals surface area contributed by atoms with Crippen LogP contribution in [0.2, 0.25) is 0 Å². The summed E-state index contributed by atoms with van der Waals surface area (Å²) in [5.74, 6) is 0.408. The summed E-state index contributed by atoms with van der Waals surface area (Å²) in [5.41, 5.74) is 3.31. The SMILES string of the molecule is C=C(C)c1ccc(CC(NC(=O)c2cc3ccc(Oc4ccc(C(C)(C)C)cc4)cc3c(CC3CCCC3)n2)C(=O)O)s1. The highest BCUT2D eigenvalue weighted by molar-refractivity contribution is 7.13. The molecule has 1 saturated carbocycles. The van der Waals surface area contributed by atoms with Crippen LogP contribution in [-0.2, 0) is 23.1 Å². The molecule has 1 atom stereocenters. The Morgan fingerprint density at radius 1 is 1.05 bits per heavy atom. The van der Waals surface area contributed by atoms with Crippen LogP contribution in [0.15, 0.2) is 67.2 Å². The van der Waals surface area contributed by atoms with Gasteiger partial charge >= 0.3 is 5.97 Å². The normalized spacial score (nSPS) is 14.5. The average Bonchev–Trinajstić information content (AvgIpc) is 3.65. The number of amides is 1. The van der Waals surface area contributed by atoms with E-state index in [0.29, 0.717) is 11.7 Å². The van der Waals surface area contributed by atoms with E-state index in [1.165, 1.54) is 29.7 Å². The first-order valence-electron chi connectivity index (χ1n) is 15.0. The number of allylic oxidation sites excluding steroid dienone is 1. The number of rotatable bonds is 10. The molecule has 0 bridgehead atoms. The smallest absolute Gasteiger partial charge is 0.326 e. The van der Waals surface area contributed by atoms with Crippen molar-refractivity contribution in [2.24, 2.45) is 5.92 Å². The summed E-state index contributed by atoms with van der Waals surface area (Å²) in [4.78, 5) is 32.3. The number of carboxylic acid groups (broad SMARTS) is 1. The lowest BCUT2D eigenvalue weighted by Crippen LogP contribution is -2.42. The number of fused-ring (bicyclic) bond motifs is 1. The molecule has 2 aromatic heterocycles. The Morgan fingerprint density at radius 3 is 2.37 bits per heavy atom. The zero-order valence-corrected chi connectivity index (χ0v) is 26.2. The standard InChI is InChI=1S/C36H40N2O4S/c1-22(2)33-17-16-28(43-33)21-32(35(40)41)38-34(39)31-19-24-10-13-27(42-26-14-11-25(12-15-26)36(3,4)5)20-29(24)30(37-31)18-23-8-6-7-9-23/h10-17,19-20,23,32H,1,6-9,18,21H2,2-5H3,(H,38,39)(H,40,41). The number of benzene rings is 2. The highest BCUT2D eigenvalue weighted by Gasteiger charge is 2.25. The number of thiophene rings is 1. The molecule has 4 aromatic rings. The zero-order valence-electron chi connectivity index (χ0n) is 25.4. The van der Waals surface area contributed by atoms with Crippen molar-refractivity contribution in [3.63, 3.8) is 0 Å². The molecule has 0 saturated heterocycles.